The number of thioether (sulfide) groups is 1. The molecule has 1 aliphatic carbocycles. The van der Waals surface area contributed by atoms with Crippen LogP contribution in [0, 0.1) is 5.41 Å². The normalized spacial score (nSPS) is 30.2. The van der Waals surface area contributed by atoms with Gasteiger partial charge in [0.15, 0.2) is 0 Å². The van der Waals surface area contributed by atoms with Crippen LogP contribution in [0.25, 0.3) is 0 Å². The Kier molecular flexibility index (Phi) is 3.10. The first-order valence-electron chi connectivity index (χ1n) is 6.78. The molecule has 0 aromatic carbocycles. The zero-order valence-corrected chi connectivity index (χ0v) is 12.0. The molecule has 2 N–H and O–H groups in total. The van der Waals surface area contributed by atoms with E-state index in [4.69, 9.17) is 10.7 Å². The Balaban J connectivity index is 1.94. The summed E-state index contributed by atoms with van der Waals surface area (Å²) in [6.45, 7) is 4.56. The molecule has 0 bridgehead atoms. The van der Waals surface area contributed by atoms with Gasteiger partial charge in [-0.3, -0.25) is 0 Å². The van der Waals surface area contributed by atoms with Gasteiger partial charge in [-0.05, 0) is 36.9 Å². The van der Waals surface area contributed by atoms with Crippen molar-refractivity contribution in [2.45, 2.75) is 50.8 Å². The topological polar surface area (TPSA) is 51.8 Å². The molecule has 1 saturated heterocycles. The summed E-state index contributed by atoms with van der Waals surface area (Å²) >= 11 is 1.99. The fourth-order valence-corrected chi connectivity index (χ4v) is 4.27. The van der Waals surface area contributed by atoms with Crippen LogP contribution in [-0.4, -0.2) is 15.7 Å². The highest BCUT2D eigenvalue weighted by Gasteiger charge is 2.32. The summed E-state index contributed by atoms with van der Waals surface area (Å²) in [7, 11) is 0. The van der Waals surface area contributed by atoms with E-state index in [0.717, 1.165) is 18.7 Å². The summed E-state index contributed by atoms with van der Waals surface area (Å²) in [4.78, 5) is 9.39. The maximum absolute atomic E-state index is 6.24. The SMILES string of the molecule is CC1(C)Cc2nc(C3CCCS3)ncc2C(N)C1. The lowest BCUT2D eigenvalue weighted by atomic mass is 9.74. The van der Waals surface area contributed by atoms with Crippen LogP contribution in [0.15, 0.2) is 6.20 Å². The fraction of sp³-hybridized carbons (Fsp3) is 0.714. The van der Waals surface area contributed by atoms with Crippen molar-refractivity contribution in [1.82, 2.24) is 9.97 Å². The van der Waals surface area contributed by atoms with Gasteiger partial charge in [-0.25, -0.2) is 9.97 Å². The summed E-state index contributed by atoms with van der Waals surface area (Å²) in [6, 6.07) is 0.106. The molecule has 2 atom stereocenters. The van der Waals surface area contributed by atoms with E-state index in [9.17, 15) is 0 Å². The summed E-state index contributed by atoms with van der Waals surface area (Å²) < 4.78 is 0. The molecule has 1 fully saturated rings. The van der Waals surface area contributed by atoms with Crippen LogP contribution in [0.3, 0.4) is 0 Å². The second-order valence-electron chi connectivity index (χ2n) is 6.28. The largest absolute Gasteiger partial charge is 0.324 e. The summed E-state index contributed by atoms with van der Waals surface area (Å²) in [5, 5.41) is 0.511. The predicted molar refractivity (Wildman–Crippen MR) is 75.5 cm³/mol. The Morgan fingerprint density at radius 2 is 2.28 bits per heavy atom. The predicted octanol–water partition coefficient (Wildman–Crippen LogP) is 3.02. The third-order valence-corrected chi connectivity index (χ3v) is 5.33. The van der Waals surface area contributed by atoms with E-state index in [0.29, 0.717) is 5.25 Å². The molecule has 0 saturated carbocycles. The monoisotopic (exact) mass is 263 g/mol. The fourth-order valence-electron chi connectivity index (χ4n) is 3.06. The molecule has 3 rings (SSSR count). The molecule has 0 amide bonds. The molecule has 18 heavy (non-hydrogen) atoms. The molecule has 2 aliphatic rings. The minimum atomic E-state index is 0.106. The maximum atomic E-state index is 6.24. The maximum Gasteiger partial charge on any atom is 0.141 e. The van der Waals surface area contributed by atoms with Crippen molar-refractivity contribution in [3.05, 3.63) is 23.3 Å². The van der Waals surface area contributed by atoms with Gasteiger partial charge in [0.2, 0.25) is 0 Å². The minimum Gasteiger partial charge on any atom is -0.324 e. The van der Waals surface area contributed by atoms with Gasteiger partial charge >= 0.3 is 0 Å². The third-order valence-electron chi connectivity index (χ3n) is 3.95. The lowest BCUT2D eigenvalue weighted by Gasteiger charge is -2.34. The van der Waals surface area contributed by atoms with Gasteiger partial charge < -0.3 is 5.73 Å². The van der Waals surface area contributed by atoms with E-state index in [1.54, 1.807) is 0 Å². The number of hydrogen-bond donors (Lipinski definition) is 1. The third kappa shape index (κ3) is 2.28. The highest BCUT2D eigenvalue weighted by Crippen LogP contribution is 2.41. The van der Waals surface area contributed by atoms with Crippen LogP contribution in [0.4, 0.5) is 0 Å². The molecular weight excluding hydrogens is 242 g/mol. The Hall–Kier alpha value is -0.610. The molecule has 3 nitrogen and oxygen atoms in total. The molecule has 1 aliphatic heterocycles. The van der Waals surface area contributed by atoms with Crippen LogP contribution in [0.5, 0.6) is 0 Å². The van der Waals surface area contributed by atoms with E-state index in [1.165, 1.54) is 29.9 Å². The first kappa shape index (κ1) is 12.4. The van der Waals surface area contributed by atoms with Gasteiger partial charge in [0.05, 0.1) is 5.25 Å². The van der Waals surface area contributed by atoms with Crippen molar-refractivity contribution >= 4 is 11.8 Å². The summed E-state index contributed by atoms with van der Waals surface area (Å²) in [5.41, 5.74) is 8.86. The van der Waals surface area contributed by atoms with Crippen LogP contribution in [0.1, 0.15) is 61.5 Å². The van der Waals surface area contributed by atoms with Crippen molar-refractivity contribution < 1.29 is 0 Å². The molecule has 1 aromatic rings. The number of rotatable bonds is 1. The van der Waals surface area contributed by atoms with Crippen LogP contribution in [-0.2, 0) is 6.42 Å². The first-order valence-corrected chi connectivity index (χ1v) is 7.83. The highest BCUT2D eigenvalue weighted by molar-refractivity contribution is 7.99. The van der Waals surface area contributed by atoms with Crippen molar-refractivity contribution in [1.29, 1.82) is 0 Å². The molecule has 0 radical (unpaired) electrons. The number of fused-ring (bicyclic) bond motifs is 1. The van der Waals surface area contributed by atoms with Crippen molar-refractivity contribution in [2.24, 2.45) is 11.1 Å². The van der Waals surface area contributed by atoms with Gasteiger partial charge in [-0.15, -0.1) is 0 Å². The van der Waals surface area contributed by atoms with Gasteiger partial charge in [-0.2, -0.15) is 11.8 Å². The highest BCUT2D eigenvalue weighted by atomic mass is 32.2. The Morgan fingerprint density at radius 1 is 1.44 bits per heavy atom. The lowest BCUT2D eigenvalue weighted by molar-refractivity contribution is 0.277. The lowest BCUT2D eigenvalue weighted by Crippen LogP contribution is -2.31. The van der Waals surface area contributed by atoms with E-state index in [-0.39, 0.29) is 11.5 Å². The van der Waals surface area contributed by atoms with E-state index in [1.807, 2.05) is 18.0 Å². The second kappa shape index (κ2) is 4.49. The molecule has 2 heterocycles. The van der Waals surface area contributed by atoms with Crippen LogP contribution >= 0.6 is 11.8 Å². The zero-order valence-electron chi connectivity index (χ0n) is 11.1. The Bertz CT molecular complexity index is 452. The molecule has 1 aromatic heterocycles. The number of aromatic nitrogens is 2. The van der Waals surface area contributed by atoms with Gasteiger partial charge in [-0.1, -0.05) is 13.8 Å². The van der Waals surface area contributed by atoms with Gasteiger partial charge in [0.25, 0.3) is 0 Å². The smallest absolute Gasteiger partial charge is 0.141 e. The van der Waals surface area contributed by atoms with E-state index >= 15 is 0 Å². The zero-order chi connectivity index (χ0) is 12.8. The van der Waals surface area contributed by atoms with Gasteiger partial charge in [0, 0.05) is 23.5 Å². The molecular formula is C14H21N3S. The number of nitrogens with two attached hydrogens (primary N) is 1. The van der Waals surface area contributed by atoms with E-state index < -0.39 is 0 Å². The average Bonchev–Trinajstić information content (AvgIpc) is 2.79. The first-order chi connectivity index (χ1) is 8.55. The van der Waals surface area contributed by atoms with Crippen molar-refractivity contribution in [3.63, 3.8) is 0 Å². The minimum absolute atomic E-state index is 0.106. The van der Waals surface area contributed by atoms with Crippen molar-refractivity contribution in [3.8, 4) is 0 Å². The van der Waals surface area contributed by atoms with Crippen LogP contribution < -0.4 is 5.73 Å². The molecule has 0 spiro atoms. The molecule has 4 heteroatoms. The van der Waals surface area contributed by atoms with Crippen molar-refractivity contribution in [2.75, 3.05) is 5.75 Å². The number of hydrogen-bond acceptors (Lipinski definition) is 4. The van der Waals surface area contributed by atoms with Crippen LogP contribution in [0.2, 0.25) is 0 Å². The van der Waals surface area contributed by atoms with Gasteiger partial charge in [0.1, 0.15) is 5.82 Å². The molecule has 98 valence electrons. The Morgan fingerprint density at radius 3 is 3.00 bits per heavy atom. The summed E-state index contributed by atoms with van der Waals surface area (Å²) in [6.07, 6.45) is 6.56. The molecule has 2 unspecified atom stereocenters. The number of nitrogens with zero attached hydrogens (tertiary/aromatic N) is 2. The second-order valence-corrected chi connectivity index (χ2v) is 7.59. The summed E-state index contributed by atoms with van der Waals surface area (Å²) in [5.74, 6) is 2.27. The standard InChI is InChI=1S/C14H21N3S/c1-14(2)6-10(15)9-8-16-13(17-11(9)7-14)12-4-3-5-18-12/h8,10,12H,3-7,15H2,1-2H3. The Labute approximate surface area is 113 Å². The quantitative estimate of drug-likeness (QED) is 0.846. The average molecular weight is 263 g/mol. The van der Waals surface area contributed by atoms with E-state index in [2.05, 4.69) is 18.8 Å².